The van der Waals surface area contributed by atoms with E-state index in [9.17, 15) is 0 Å². The standard InChI is InChI=1S/C8H19NOSi/c1-6-11(4,5)10-8-7-9(2)3/h6H,1,7-8H2,2-5H3. The molecule has 0 N–H and O–H groups in total. The molecule has 2 nitrogen and oxygen atoms in total. The Labute approximate surface area is 71.0 Å². The molecule has 0 heterocycles. The molecule has 0 aliphatic carbocycles. The zero-order chi connectivity index (χ0) is 8.91. The molecule has 0 atom stereocenters. The van der Waals surface area contributed by atoms with Gasteiger partial charge in [-0.25, -0.2) is 0 Å². The van der Waals surface area contributed by atoms with Crippen molar-refractivity contribution in [2.24, 2.45) is 0 Å². The maximum Gasteiger partial charge on any atom is 0.210 e. The molecule has 0 rings (SSSR count). The third-order valence-corrected chi connectivity index (χ3v) is 3.44. The molecule has 0 aliphatic rings. The number of nitrogens with zero attached hydrogens (tertiary/aromatic N) is 1. The van der Waals surface area contributed by atoms with Crippen molar-refractivity contribution in [2.75, 3.05) is 27.2 Å². The van der Waals surface area contributed by atoms with Crippen molar-refractivity contribution in [1.82, 2.24) is 4.90 Å². The summed E-state index contributed by atoms with van der Waals surface area (Å²) >= 11 is 0. The second-order valence-corrected chi connectivity index (χ2v) is 7.36. The van der Waals surface area contributed by atoms with Gasteiger partial charge in [0.15, 0.2) is 0 Å². The van der Waals surface area contributed by atoms with E-state index in [4.69, 9.17) is 4.43 Å². The third-order valence-electron chi connectivity index (χ3n) is 1.50. The van der Waals surface area contributed by atoms with Crippen molar-refractivity contribution < 1.29 is 4.43 Å². The molecule has 0 aliphatic heterocycles. The molecule has 0 fully saturated rings. The Morgan fingerprint density at radius 3 is 2.36 bits per heavy atom. The quantitative estimate of drug-likeness (QED) is 0.584. The molecule has 0 amide bonds. The molecular formula is C8H19NOSi. The van der Waals surface area contributed by atoms with Crippen LogP contribution in [0.25, 0.3) is 0 Å². The summed E-state index contributed by atoms with van der Waals surface area (Å²) in [6.45, 7) is 9.86. The number of hydrogen-bond donors (Lipinski definition) is 0. The molecular weight excluding hydrogens is 154 g/mol. The summed E-state index contributed by atoms with van der Waals surface area (Å²) < 4.78 is 5.67. The molecule has 0 saturated carbocycles. The van der Waals surface area contributed by atoms with Gasteiger partial charge in [-0.05, 0) is 27.2 Å². The van der Waals surface area contributed by atoms with E-state index in [2.05, 4.69) is 24.6 Å². The molecule has 0 saturated heterocycles. The lowest BCUT2D eigenvalue weighted by molar-refractivity contribution is 0.258. The van der Waals surface area contributed by atoms with Gasteiger partial charge in [-0.2, -0.15) is 0 Å². The van der Waals surface area contributed by atoms with Gasteiger partial charge >= 0.3 is 0 Å². The van der Waals surface area contributed by atoms with Crippen molar-refractivity contribution in [3.63, 3.8) is 0 Å². The van der Waals surface area contributed by atoms with Crippen molar-refractivity contribution >= 4 is 8.32 Å². The molecule has 0 aromatic rings. The molecule has 11 heavy (non-hydrogen) atoms. The van der Waals surface area contributed by atoms with Crippen LogP contribution in [0.3, 0.4) is 0 Å². The van der Waals surface area contributed by atoms with E-state index >= 15 is 0 Å². The fourth-order valence-electron chi connectivity index (χ4n) is 0.550. The largest absolute Gasteiger partial charge is 0.412 e. The maximum absolute atomic E-state index is 5.67. The maximum atomic E-state index is 5.67. The van der Waals surface area contributed by atoms with E-state index < -0.39 is 8.32 Å². The van der Waals surface area contributed by atoms with Crippen LogP contribution < -0.4 is 0 Å². The Morgan fingerprint density at radius 2 is 2.00 bits per heavy atom. The number of likely N-dealkylation sites (N-methyl/N-ethyl adjacent to an activating group) is 1. The first-order valence-corrected chi connectivity index (χ1v) is 6.89. The normalized spacial score (nSPS) is 12.1. The fraction of sp³-hybridized carbons (Fsp3) is 0.750. The Balaban J connectivity index is 3.45. The Hall–Kier alpha value is -0.123. The fourth-order valence-corrected chi connectivity index (χ4v) is 1.29. The minimum Gasteiger partial charge on any atom is -0.412 e. The summed E-state index contributed by atoms with van der Waals surface area (Å²) in [6.07, 6.45) is 0. The van der Waals surface area contributed by atoms with Crippen LogP contribution in [0, 0.1) is 0 Å². The summed E-state index contributed by atoms with van der Waals surface area (Å²) in [5.74, 6) is 0. The third kappa shape index (κ3) is 6.28. The van der Waals surface area contributed by atoms with E-state index in [0.29, 0.717) is 0 Å². The lowest BCUT2D eigenvalue weighted by Gasteiger charge is -2.19. The average Bonchev–Trinajstić information content (AvgIpc) is 1.87. The molecule has 0 spiro atoms. The van der Waals surface area contributed by atoms with Crippen LogP contribution in [-0.4, -0.2) is 40.5 Å². The zero-order valence-corrected chi connectivity index (χ0v) is 9.05. The van der Waals surface area contributed by atoms with Crippen molar-refractivity contribution in [2.45, 2.75) is 13.1 Å². The monoisotopic (exact) mass is 173 g/mol. The summed E-state index contributed by atoms with van der Waals surface area (Å²) in [6, 6.07) is 0. The highest BCUT2D eigenvalue weighted by molar-refractivity contribution is 6.76. The summed E-state index contributed by atoms with van der Waals surface area (Å²) in [7, 11) is 2.59. The topological polar surface area (TPSA) is 12.5 Å². The molecule has 0 aromatic carbocycles. The lowest BCUT2D eigenvalue weighted by atomic mass is 10.6. The Kier molecular flexibility index (Phi) is 4.64. The van der Waals surface area contributed by atoms with Crippen molar-refractivity contribution in [1.29, 1.82) is 0 Å². The molecule has 0 unspecified atom stereocenters. The predicted octanol–water partition coefficient (Wildman–Crippen LogP) is 1.49. The van der Waals surface area contributed by atoms with Gasteiger partial charge in [0.25, 0.3) is 0 Å². The Bertz CT molecular complexity index is 123. The van der Waals surface area contributed by atoms with Crippen LogP contribution in [0.5, 0.6) is 0 Å². The second-order valence-electron chi connectivity index (χ2n) is 3.46. The summed E-state index contributed by atoms with van der Waals surface area (Å²) in [5.41, 5.74) is 1.96. The van der Waals surface area contributed by atoms with Gasteiger partial charge in [0.2, 0.25) is 8.32 Å². The first kappa shape index (κ1) is 10.9. The second kappa shape index (κ2) is 4.69. The SMILES string of the molecule is C=C[Si](C)(C)OCCN(C)C. The Morgan fingerprint density at radius 1 is 1.45 bits per heavy atom. The van der Waals surface area contributed by atoms with Gasteiger partial charge in [-0.15, -0.1) is 6.58 Å². The van der Waals surface area contributed by atoms with Gasteiger partial charge in [0.05, 0.1) is 0 Å². The minimum absolute atomic E-state index is 0.818. The van der Waals surface area contributed by atoms with E-state index in [1.165, 1.54) is 0 Å². The molecule has 0 aromatic heterocycles. The number of rotatable bonds is 5. The van der Waals surface area contributed by atoms with E-state index in [0.717, 1.165) is 13.2 Å². The van der Waals surface area contributed by atoms with E-state index in [-0.39, 0.29) is 0 Å². The van der Waals surface area contributed by atoms with E-state index in [1.54, 1.807) is 0 Å². The van der Waals surface area contributed by atoms with Crippen molar-refractivity contribution in [3.8, 4) is 0 Å². The van der Waals surface area contributed by atoms with Gasteiger partial charge < -0.3 is 9.33 Å². The first-order chi connectivity index (χ1) is 4.98. The smallest absolute Gasteiger partial charge is 0.210 e. The highest BCUT2D eigenvalue weighted by Gasteiger charge is 2.16. The van der Waals surface area contributed by atoms with Crippen LogP contribution in [-0.2, 0) is 4.43 Å². The van der Waals surface area contributed by atoms with Crippen LogP contribution in [0.2, 0.25) is 13.1 Å². The molecule has 3 heteroatoms. The van der Waals surface area contributed by atoms with Crippen LogP contribution in [0.4, 0.5) is 0 Å². The van der Waals surface area contributed by atoms with Gasteiger partial charge in [-0.1, -0.05) is 5.70 Å². The highest BCUT2D eigenvalue weighted by Crippen LogP contribution is 2.03. The van der Waals surface area contributed by atoms with Gasteiger partial charge in [-0.3, -0.25) is 0 Å². The van der Waals surface area contributed by atoms with Gasteiger partial charge in [0.1, 0.15) is 0 Å². The van der Waals surface area contributed by atoms with Crippen LogP contribution >= 0.6 is 0 Å². The van der Waals surface area contributed by atoms with E-state index in [1.807, 2.05) is 19.8 Å². The summed E-state index contributed by atoms with van der Waals surface area (Å²) in [5, 5.41) is 0. The average molecular weight is 173 g/mol. The predicted molar refractivity (Wildman–Crippen MR) is 52.2 cm³/mol. The summed E-state index contributed by atoms with van der Waals surface area (Å²) in [4.78, 5) is 2.12. The first-order valence-electron chi connectivity index (χ1n) is 3.90. The molecule has 0 radical (unpaired) electrons. The zero-order valence-electron chi connectivity index (χ0n) is 8.05. The van der Waals surface area contributed by atoms with Crippen molar-refractivity contribution in [3.05, 3.63) is 12.3 Å². The highest BCUT2D eigenvalue weighted by atomic mass is 28.4. The minimum atomic E-state index is -1.51. The number of hydrogen-bond acceptors (Lipinski definition) is 2. The molecule has 0 bridgehead atoms. The van der Waals surface area contributed by atoms with Crippen LogP contribution in [0.15, 0.2) is 12.3 Å². The molecule has 66 valence electrons. The van der Waals surface area contributed by atoms with Gasteiger partial charge in [0, 0.05) is 13.2 Å². The van der Waals surface area contributed by atoms with Crippen LogP contribution in [0.1, 0.15) is 0 Å². The lowest BCUT2D eigenvalue weighted by Crippen LogP contribution is -2.31.